The maximum Gasteiger partial charge on any atom is 0.231 e. The van der Waals surface area contributed by atoms with Gasteiger partial charge in [-0.15, -0.1) is 0 Å². The fourth-order valence-corrected chi connectivity index (χ4v) is 2.17. The van der Waals surface area contributed by atoms with Crippen molar-refractivity contribution in [3.05, 3.63) is 53.6 Å². The van der Waals surface area contributed by atoms with Gasteiger partial charge in [0.15, 0.2) is 16.6 Å². The van der Waals surface area contributed by atoms with Gasteiger partial charge >= 0.3 is 0 Å². The topological polar surface area (TPSA) is 75.1 Å². The molecule has 0 saturated carbocycles. The Morgan fingerprint density at radius 1 is 1.22 bits per heavy atom. The quantitative estimate of drug-likeness (QED) is 0.453. The minimum Gasteiger partial charge on any atom is -0.508 e. The maximum absolute atomic E-state index is 9.36. The van der Waals surface area contributed by atoms with Crippen molar-refractivity contribution in [2.24, 2.45) is 5.10 Å². The summed E-state index contributed by atoms with van der Waals surface area (Å²) in [4.78, 5) is 0. The van der Waals surface area contributed by atoms with Gasteiger partial charge in [-0.2, -0.15) is 5.10 Å². The third-order valence-corrected chi connectivity index (χ3v) is 3.38. The molecule has 23 heavy (non-hydrogen) atoms. The van der Waals surface area contributed by atoms with Crippen molar-refractivity contribution in [3.63, 3.8) is 0 Å². The fraction of sp³-hybridized carbons (Fsp3) is 0.125. The van der Waals surface area contributed by atoms with Crippen LogP contribution in [0.1, 0.15) is 11.1 Å². The number of rotatable bonds is 4. The van der Waals surface area contributed by atoms with Gasteiger partial charge in [0, 0.05) is 6.54 Å². The van der Waals surface area contributed by atoms with Gasteiger partial charge in [0.1, 0.15) is 5.75 Å². The molecule has 0 fully saturated rings. The van der Waals surface area contributed by atoms with E-state index in [0.717, 1.165) is 22.6 Å². The number of fused-ring (bicyclic) bond motifs is 1. The number of nitrogens with one attached hydrogen (secondary N) is 2. The summed E-state index contributed by atoms with van der Waals surface area (Å²) in [6, 6.07) is 12.5. The highest BCUT2D eigenvalue weighted by molar-refractivity contribution is 7.80. The van der Waals surface area contributed by atoms with Crippen molar-refractivity contribution in [2.75, 3.05) is 6.79 Å². The highest BCUT2D eigenvalue weighted by atomic mass is 32.1. The second-order valence-electron chi connectivity index (χ2n) is 4.84. The molecular formula is C16H15N3O3S. The van der Waals surface area contributed by atoms with Crippen LogP contribution in [0.15, 0.2) is 47.6 Å². The molecule has 0 bridgehead atoms. The minimum absolute atomic E-state index is 0.192. The number of benzene rings is 2. The normalized spacial score (nSPS) is 12.3. The lowest BCUT2D eigenvalue weighted by Gasteiger charge is -2.07. The van der Waals surface area contributed by atoms with Gasteiger partial charge in [0.05, 0.1) is 6.21 Å². The van der Waals surface area contributed by atoms with E-state index in [1.165, 1.54) is 0 Å². The first-order valence-corrected chi connectivity index (χ1v) is 7.36. The van der Waals surface area contributed by atoms with E-state index in [2.05, 4.69) is 15.8 Å². The summed E-state index contributed by atoms with van der Waals surface area (Å²) < 4.78 is 10.6. The van der Waals surface area contributed by atoms with Crippen molar-refractivity contribution < 1.29 is 14.6 Å². The summed E-state index contributed by atoms with van der Waals surface area (Å²) in [5.41, 5.74) is 4.52. The lowest BCUT2D eigenvalue weighted by atomic mass is 10.2. The van der Waals surface area contributed by atoms with Crippen molar-refractivity contribution in [2.45, 2.75) is 6.54 Å². The van der Waals surface area contributed by atoms with Gasteiger partial charge in [-0.3, -0.25) is 5.43 Å². The second kappa shape index (κ2) is 6.97. The maximum atomic E-state index is 9.36. The Morgan fingerprint density at radius 2 is 2.09 bits per heavy atom. The summed E-state index contributed by atoms with van der Waals surface area (Å²) in [7, 11) is 0. The van der Waals surface area contributed by atoms with Crippen LogP contribution >= 0.6 is 12.2 Å². The van der Waals surface area contributed by atoms with Crippen LogP contribution in [-0.2, 0) is 6.54 Å². The number of hydrogen-bond donors (Lipinski definition) is 3. The molecule has 0 aromatic heterocycles. The standard InChI is InChI=1S/C16H15N3O3S/c20-13-3-1-2-11(6-13)9-18-19-16(23)17-8-12-4-5-14-15(7-12)22-10-21-14/h1-7,9,20H,8,10H2,(H2,17,19,23)/b18-9-. The molecule has 0 radical (unpaired) electrons. The SMILES string of the molecule is Oc1cccc(/C=N\NC(=S)NCc2ccc3c(c2)OCO3)c1. The number of hydrogen-bond acceptors (Lipinski definition) is 5. The van der Waals surface area contributed by atoms with E-state index >= 15 is 0 Å². The van der Waals surface area contributed by atoms with Crippen molar-refractivity contribution >= 4 is 23.5 Å². The molecule has 3 rings (SSSR count). The Kier molecular flexibility index (Phi) is 4.58. The molecule has 1 aliphatic rings. The van der Waals surface area contributed by atoms with Crippen molar-refractivity contribution in [1.82, 2.24) is 10.7 Å². The predicted molar refractivity (Wildman–Crippen MR) is 90.8 cm³/mol. The van der Waals surface area contributed by atoms with Crippen molar-refractivity contribution in [3.8, 4) is 17.2 Å². The first-order valence-electron chi connectivity index (χ1n) is 6.95. The van der Waals surface area contributed by atoms with Crippen LogP contribution < -0.4 is 20.2 Å². The Bertz CT molecular complexity index is 749. The van der Waals surface area contributed by atoms with E-state index in [4.69, 9.17) is 21.7 Å². The highest BCUT2D eigenvalue weighted by Gasteiger charge is 2.12. The molecule has 1 aliphatic heterocycles. The monoisotopic (exact) mass is 329 g/mol. The first-order chi connectivity index (χ1) is 11.2. The van der Waals surface area contributed by atoms with E-state index < -0.39 is 0 Å². The molecule has 0 amide bonds. The van der Waals surface area contributed by atoms with Gasteiger partial charge in [0.2, 0.25) is 6.79 Å². The molecule has 0 saturated heterocycles. The second-order valence-corrected chi connectivity index (χ2v) is 5.24. The van der Waals surface area contributed by atoms with Gasteiger partial charge in [-0.1, -0.05) is 18.2 Å². The Balaban J connectivity index is 1.48. The van der Waals surface area contributed by atoms with E-state index in [9.17, 15) is 5.11 Å². The third-order valence-electron chi connectivity index (χ3n) is 3.14. The molecule has 1 heterocycles. The first kappa shape index (κ1) is 15.1. The number of hydrazone groups is 1. The molecule has 2 aromatic rings. The van der Waals surface area contributed by atoms with E-state index in [0.29, 0.717) is 11.7 Å². The fourth-order valence-electron chi connectivity index (χ4n) is 2.04. The van der Waals surface area contributed by atoms with Crippen LogP contribution in [0, 0.1) is 0 Å². The smallest absolute Gasteiger partial charge is 0.231 e. The van der Waals surface area contributed by atoms with Crippen LogP contribution in [0.3, 0.4) is 0 Å². The largest absolute Gasteiger partial charge is 0.508 e. The lowest BCUT2D eigenvalue weighted by molar-refractivity contribution is 0.174. The number of ether oxygens (including phenoxy) is 2. The summed E-state index contributed by atoms with van der Waals surface area (Å²) in [6.07, 6.45) is 1.58. The van der Waals surface area contributed by atoms with E-state index in [1.54, 1.807) is 24.4 Å². The summed E-state index contributed by atoms with van der Waals surface area (Å²) in [5, 5.41) is 16.8. The van der Waals surface area contributed by atoms with Crippen LogP contribution in [0.25, 0.3) is 0 Å². The number of thiocarbonyl (C=S) groups is 1. The molecule has 0 aliphatic carbocycles. The summed E-state index contributed by atoms with van der Waals surface area (Å²) in [5.74, 6) is 1.69. The average molecular weight is 329 g/mol. The zero-order valence-electron chi connectivity index (χ0n) is 12.2. The number of nitrogens with zero attached hydrogens (tertiary/aromatic N) is 1. The molecule has 118 valence electrons. The molecule has 3 N–H and O–H groups in total. The lowest BCUT2D eigenvalue weighted by Crippen LogP contribution is -2.31. The zero-order chi connectivity index (χ0) is 16.1. The Labute approximate surface area is 138 Å². The van der Waals surface area contributed by atoms with Crippen LogP contribution in [0.5, 0.6) is 17.2 Å². The van der Waals surface area contributed by atoms with Crippen LogP contribution in [-0.4, -0.2) is 23.2 Å². The molecule has 0 atom stereocenters. The van der Waals surface area contributed by atoms with Gasteiger partial charge in [-0.25, -0.2) is 0 Å². The highest BCUT2D eigenvalue weighted by Crippen LogP contribution is 2.32. The van der Waals surface area contributed by atoms with Gasteiger partial charge in [-0.05, 0) is 47.6 Å². The number of phenolic OH excluding ortho intramolecular Hbond substituents is 1. The molecule has 0 spiro atoms. The molecule has 0 unspecified atom stereocenters. The molecular weight excluding hydrogens is 314 g/mol. The Hall–Kier alpha value is -2.80. The minimum atomic E-state index is 0.192. The van der Waals surface area contributed by atoms with Gasteiger partial charge < -0.3 is 19.9 Å². The van der Waals surface area contributed by atoms with Gasteiger partial charge in [0.25, 0.3) is 0 Å². The van der Waals surface area contributed by atoms with E-state index in [1.807, 2.05) is 24.3 Å². The number of phenols is 1. The molecule has 7 heteroatoms. The summed E-state index contributed by atoms with van der Waals surface area (Å²) >= 11 is 5.15. The van der Waals surface area contributed by atoms with E-state index in [-0.39, 0.29) is 12.5 Å². The zero-order valence-corrected chi connectivity index (χ0v) is 13.0. The number of aromatic hydroxyl groups is 1. The Morgan fingerprint density at radius 3 is 2.96 bits per heavy atom. The molecule has 2 aromatic carbocycles. The van der Waals surface area contributed by atoms with Crippen LogP contribution in [0.2, 0.25) is 0 Å². The third kappa shape index (κ3) is 4.10. The predicted octanol–water partition coefficient (Wildman–Crippen LogP) is 2.12. The van der Waals surface area contributed by atoms with Crippen molar-refractivity contribution in [1.29, 1.82) is 0 Å². The molecule has 6 nitrogen and oxygen atoms in total. The summed E-state index contributed by atoms with van der Waals surface area (Å²) in [6.45, 7) is 0.806. The van der Waals surface area contributed by atoms with Crippen LogP contribution in [0.4, 0.5) is 0 Å². The average Bonchev–Trinajstić information content (AvgIpc) is 3.00.